The molecule has 2 N–H and O–H groups in total. The lowest BCUT2D eigenvalue weighted by molar-refractivity contribution is -0.113. The van der Waals surface area contributed by atoms with Crippen LogP contribution in [0.5, 0.6) is 11.5 Å². The average Bonchev–Trinajstić information content (AvgIpc) is 3.55. The lowest BCUT2D eigenvalue weighted by Crippen LogP contribution is -2.39. The lowest BCUT2D eigenvalue weighted by Gasteiger charge is -2.28. The van der Waals surface area contributed by atoms with Gasteiger partial charge < -0.3 is 15.4 Å². The Bertz CT molecular complexity index is 1710. The summed E-state index contributed by atoms with van der Waals surface area (Å²) in [6.07, 6.45) is 6.60. The Morgan fingerprint density at radius 3 is 2.80 bits per heavy atom. The van der Waals surface area contributed by atoms with Gasteiger partial charge in [0.1, 0.15) is 21.2 Å². The number of hydrogen-bond donors (Lipinski definition) is 2. The van der Waals surface area contributed by atoms with Gasteiger partial charge in [-0.05, 0) is 74.7 Å². The third-order valence-corrected chi connectivity index (χ3v) is 7.89. The number of nitrogens with zero attached hydrogens (tertiary/aromatic N) is 4. The molecule has 1 fully saturated rings. The van der Waals surface area contributed by atoms with Crippen molar-refractivity contribution in [3.8, 4) is 11.5 Å². The van der Waals surface area contributed by atoms with Crippen molar-refractivity contribution in [2.75, 3.05) is 10.2 Å². The van der Waals surface area contributed by atoms with Crippen LogP contribution in [0.25, 0.3) is 10.2 Å². The van der Waals surface area contributed by atoms with E-state index in [-0.39, 0.29) is 11.9 Å². The Morgan fingerprint density at radius 2 is 2.02 bits per heavy atom. The van der Waals surface area contributed by atoms with E-state index in [4.69, 9.17) is 4.74 Å². The van der Waals surface area contributed by atoms with Crippen molar-refractivity contribution in [2.24, 2.45) is 4.99 Å². The Hall–Kier alpha value is -4.90. The first-order valence-electron chi connectivity index (χ1n) is 12.7. The van der Waals surface area contributed by atoms with Gasteiger partial charge in [-0.15, -0.1) is 11.3 Å². The van der Waals surface area contributed by atoms with Crippen molar-refractivity contribution in [3.63, 3.8) is 0 Å². The van der Waals surface area contributed by atoms with Crippen molar-refractivity contribution in [1.82, 2.24) is 15.3 Å². The van der Waals surface area contributed by atoms with Crippen molar-refractivity contribution in [2.45, 2.75) is 32.2 Å². The number of aryl methyl sites for hydroxylation is 1. The number of carbonyl (C=O) groups is 3. The molecule has 11 heteroatoms. The number of rotatable bonds is 6. The molecule has 10 nitrogen and oxygen atoms in total. The van der Waals surface area contributed by atoms with E-state index < -0.39 is 11.9 Å². The Morgan fingerprint density at radius 1 is 1.20 bits per heavy atom. The van der Waals surface area contributed by atoms with E-state index >= 15 is 0 Å². The second kappa shape index (κ2) is 10.3. The summed E-state index contributed by atoms with van der Waals surface area (Å²) < 4.78 is 5.95. The van der Waals surface area contributed by atoms with Crippen LogP contribution in [0.2, 0.25) is 0 Å². The van der Waals surface area contributed by atoms with Crippen molar-refractivity contribution < 1.29 is 19.1 Å². The molecule has 40 heavy (non-hydrogen) atoms. The SMILES string of the molecule is C=CC(=O)N=C1CCC[C@H]1NC(=O)c1sc2nccc3c2c1NC(=O)N3c1ccc(Oc2cccnc2C)cc1. The summed E-state index contributed by atoms with van der Waals surface area (Å²) >= 11 is 1.20. The normalized spacial score (nSPS) is 17.1. The van der Waals surface area contributed by atoms with Crippen LogP contribution in [0.1, 0.15) is 34.6 Å². The number of urea groups is 1. The summed E-state index contributed by atoms with van der Waals surface area (Å²) in [4.78, 5) is 53.8. The number of nitrogens with one attached hydrogen (secondary N) is 2. The highest BCUT2D eigenvalue weighted by atomic mass is 32.1. The van der Waals surface area contributed by atoms with Gasteiger partial charge in [0, 0.05) is 18.1 Å². The summed E-state index contributed by atoms with van der Waals surface area (Å²) in [6, 6.07) is 11.8. The van der Waals surface area contributed by atoms with E-state index in [2.05, 4.69) is 32.2 Å². The molecular weight excluding hydrogens is 528 g/mol. The Kier molecular flexibility index (Phi) is 6.56. The van der Waals surface area contributed by atoms with Crippen LogP contribution >= 0.6 is 11.3 Å². The van der Waals surface area contributed by atoms with Crippen LogP contribution in [-0.2, 0) is 4.79 Å². The minimum Gasteiger partial charge on any atom is -0.455 e. The van der Waals surface area contributed by atoms with Gasteiger partial charge in [-0.2, -0.15) is 0 Å². The standard InChI is InChI=1S/C29H24N6O4S/c1-3-23(36)32-19-6-4-7-20(19)33-27(37)26-25-24-21(13-15-31-28(24)40-26)35(29(38)34-25)17-9-11-18(12-10-17)39-22-8-5-14-30-16(22)2/h3,5,8-15,20H,1,4,6-7H2,2H3,(H,33,37)(H,34,38)/t20-/m1/s1. The molecule has 0 saturated heterocycles. The van der Waals surface area contributed by atoms with E-state index in [0.717, 1.165) is 18.2 Å². The summed E-state index contributed by atoms with van der Waals surface area (Å²) in [5, 5.41) is 6.57. The van der Waals surface area contributed by atoms with E-state index in [9.17, 15) is 14.4 Å². The lowest BCUT2D eigenvalue weighted by atomic mass is 10.1. The van der Waals surface area contributed by atoms with Crippen LogP contribution in [0.3, 0.4) is 0 Å². The molecule has 0 bridgehead atoms. The van der Waals surface area contributed by atoms with Gasteiger partial charge in [0.2, 0.25) is 0 Å². The number of carbonyl (C=O) groups excluding carboxylic acids is 3. The average molecular weight is 553 g/mol. The van der Waals surface area contributed by atoms with Crippen LogP contribution < -0.4 is 20.3 Å². The molecule has 0 radical (unpaired) electrons. The molecule has 4 aromatic rings. The van der Waals surface area contributed by atoms with Crippen LogP contribution in [0, 0.1) is 6.92 Å². The number of aromatic nitrogens is 2. The topological polar surface area (TPSA) is 126 Å². The molecule has 4 heterocycles. The third-order valence-electron chi connectivity index (χ3n) is 6.80. The first kappa shape index (κ1) is 25.4. The number of thiophene rings is 1. The van der Waals surface area contributed by atoms with E-state index in [1.165, 1.54) is 11.3 Å². The highest BCUT2D eigenvalue weighted by Crippen LogP contribution is 2.46. The number of amides is 4. The molecule has 0 spiro atoms. The molecule has 200 valence electrons. The van der Waals surface area contributed by atoms with Gasteiger partial charge in [-0.3, -0.25) is 19.5 Å². The molecule has 0 unspecified atom stereocenters. The van der Waals surface area contributed by atoms with Crippen molar-refractivity contribution in [1.29, 1.82) is 0 Å². The van der Waals surface area contributed by atoms with Gasteiger partial charge in [0.15, 0.2) is 0 Å². The number of ether oxygens (including phenoxy) is 1. The zero-order valence-corrected chi connectivity index (χ0v) is 22.3. The highest BCUT2D eigenvalue weighted by molar-refractivity contribution is 7.21. The fraction of sp³-hybridized carbons (Fsp3) is 0.172. The van der Waals surface area contributed by atoms with E-state index in [1.54, 1.807) is 53.7 Å². The molecule has 6 rings (SSSR count). The molecular formula is C29H24N6O4S. The highest BCUT2D eigenvalue weighted by Gasteiger charge is 2.34. The molecule has 4 amide bonds. The van der Waals surface area contributed by atoms with Gasteiger partial charge in [0.05, 0.1) is 34.2 Å². The predicted molar refractivity (Wildman–Crippen MR) is 154 cm³/mol. The molecule has 2 aliphatic rings. The zero-order chi connectivity index (χ0) is 27.8. The molecule has 1 aliphatic heterocycles. The van der Waals surface area contributed by atoms with Crippen molar-refractivity contribution >= 4 is 62.2 Å². The van der Waals surface area contributed by atoms with Gasteiger partial charge in [-0.1, -0.05) is 6.58 Å². The van der Waals surface area contributed by atoms with Crippen LogP contribution in [-0.4, -0.2) is 39.6 Å². The number of pyridine rings is 2. The van der Waals surface area contributed by atoms with E-state index in [0.29, 0.717) is 62.2 Å². The fourth-order valence-electron chi connectivity index (χ4n) is 4.90. The Labute approximate surface area is 233 Å². The number of anilines is 3. The smallest absolute Gasteiger partial charge is 0.331 e. The third kappa shape index (κ3) is 4.60. The van der Waals surface area contributed by atoms with E-state index in [1.807, 2.05) is 13.0 Å². The molecule has 1 atom stereocenters. The van der Waals surface area contributed by atoms with Gasteiger partial charge in [-0.25, -0.2) is 14.8 Å². The summed E-state index contributed by atoms with van der Waals surface area (Å²) in [6.45, 7) is 5.32. The molecule has 1 aromatic carbocycles. The fourth-order valence-corrected chi connectivity index (χ4v) is 5.92. The van der Waals surface area contributed by atoms with Crippen LogP contribution in [0.4, 0.5) is 21.9 Å². The molecule has 3 aromatic heterocycles. The maximum absolute atomic E-state index is 13.4. The van der Waals surface area contributed by atoms with Gasteiger partial charge >= 0.3 is 6.03 Å². The minimum atomic E-state index is -0.430. The second-order valence-electron chi connectivity index (χ2n) is 9.33. The minimum absolute atomic E-state index is 0.347. The summed E-state index contributed by atoms with van der Waals surface area (Å²) in [5.74, 6) is 0.479. The number of aliphatic imine (C=N–C) groups is 1. The first-order chi connectivity index (χ1) is 19.4. The molecule has 1 saturated carbocycles. The van der Waals surface area contributed by atoms with Crippen molar-refractivity contribution in [3.05, 3.63) is 78.1 Å². The number of hydrogen-bond acceptors (Lipinski definition) is 7. The Balaban J connectivity index is 1.29. The maximum atomic E-state index is 13.4. The summed E-state index contributed by atoms with van der Waals surface area (Å²) in [5.41, 5.74) is 3.07. The monoisotopic (exact) mass is 552 g/mol. The quantitative estimate of drug-likeness (QED) is 0.286. The van der Waals surface area contributed by atoms with Crippen LogP contribution in [0.15, 0.2) is 72.5 Å². The molecule has 1 aliphatic carbocycles. The maximum Gasteiger partial charge on any atom is 0.331 e. The summed E-state index contributed by atoms with van der Waals surface area (Å²) in [7, 11) is 0. The second-order valence-corrected chi connectivity index (χ2v) is 10.3. The first-order valence-corrected chi connectivity index (χ1v) is 13.5. The predicted octanol–water partition coefficient (Wildman–Crippen LogP) is 5.91. The number of benzene rings is 1. The van der Waals surface area contributed by atoms with Gasteiger partial charge in [0.25, 0.3) is 11.8 Å². The zero-order valence-electron chi connectivity index (χ0n) is 21.5. The largest absolute Gasteiger partial charge is 0.455 e.